The zero-order valence-corrected chi connectivity index (χ0v) is 24.8. The second-order valence-corrected chi connectivity index (χ2v) is 12.0. The molecule has 0 aliphatic rings. The molecular weight excluding hydrogens is 428 g/mol. The quantitative estimate of drug-likeness (QED) is 0.110. The Morgan fingerprint density at radius 1 is 0.543 bits per heavy atom. The molecule has 2 unspecified atom stereocenters. The van der Waals surface area contributed by atoms with Gasteiger partial charge in [-0.25, -0.2) is 0 Å². The normalized spacial score (nSPS) is 14.2. The van der Waals surface area contributed by atoms with Crippen molar-refractivity contribution in [1.82, 2.24) is 0 Å². The molecule has 0 spiro atoms. The predicted molar refractivity (Wildman–Crippen MR) is 156 cm³/mol. The summed E-state index contributed by atoms with van der Waals surface area (Å²) in [7, 11) is 0. The lowest BCUT2D eigenvalue weighted by Gasteiger charge is -2.30. The van der Waals surface area contributed by atoms with E-state index in [0.29, 0.717) is 5.92 Å². The molecule has 2 heteroatoms. The predicted octanol–water partition coefficient (Wildman–Crippen LogP) is 11.9. The van der Waals surface area contributed by atoms with Gasteiger partial charge in [-0.1, -0.05) is 175 Å². The molecule has 2 atom stereocenters. The van der Waals surface area contributed by atoms with Gasteiger partial charge in [0, 0.05) is 0 Å². The van der Waals surface area contributed by atoms with Crippen LogP contribution in [-0.4, -0.2) is 11.1 Å². The average molecular weight is 495 g/mol. The molecule has 2 nitrogen and oxygen atoms in total. The van der Waals surface area contributed by atoms with E-state index in [4.69, 9.17) is 0 Å². The van der Waals surface area contributed by atoms with Gasteiger partial charge < -0.3 is 5.11 Å². The summed E-state index contributed by atoms with van der Waals surface area (Å²) in [6, 6.07) is 0. The number of carboxylic acids is 1. The molecule has 0 aromatic heterocycles. The molecule has 0 aromatic carbocycles. The van der Waals surface area contributed by atoms with Gasteiger partial charge in [0.2, 0.25) is 0 Å². The van der Waals surface area contributed by atoms with Gasteiger partial charge in [0.1, 0.15) is 0 Å². The molecule has 0 heterocycles. The molecular formula is C33H66O2. The van der Waals surface area contributed by atoms with Gasteiger partial charge in [-0.15, -0.1) is 0 Å². The van der Waals surface area contributed by atoms with Gasteiger partial charge in [-0.05, 0) is 25.7 Å². The summed E-state index contributed by atoms with van der Waals surface area (Å²) < 4.78 is 0. The summed E-state index contributed by atoms with van der Waals surface area (Å²) in [5.41, 5.74) is -0.530. The van der Waals surface area contributed by atoms with E-state index in [9.17, 15) is 9.90 Å². The molecule has 210 valence electrons. The summed E-state index contributed by atoms with van der Waals surface area (Å²) in [5.74, 6) is 0.0325. The molecule has 1 N–H and O–H groups in total. The Kier molecular flexibility index (Phi) is 24.8. The van der Waals surface area contributed by atoms with Crippen LogP contribution < -0.4 is 0 Å². The highest BCUT2D eigenvalue weighted by Crippen LogP contribution is 2.36. The molecule has 0 aliphatic heterocycles. The van der Waals surface area contributed by atoms with Crippen LogP contribution in [-0.2, 0) is 4.79 Å². The first kappa shape index (κ1) is 34.5. The lowest BCUT2D eigenvalue weighted by Crippen LogP contribution is -2.30. The van der Waals surface area contributed by atoms with Crippen molar-refractivity contribution in [2.75, 3.05) is 0 Å². The van der Waals surface area contributed by atoms with E-state index >= 15 is 0 Å². The molecule has 0 amide bonds. The Bertz CT molecular complexity index is 446. The zero-order chi connectivity index (χ0) is 26.0. The second-order valence-electron chi connectivity index (χ2n) is 12.0. The summed E-state index contributed by atoms with van der Waals surface area (Å²) in [5, 5.41) is 10.1. The van der Waals surface area contributed by atoms with Crippen LogP contribution in [0.5, 0.6) is 0 Å². The van der Waals surface area contributed by atoms with E-state index in [-0.39, 0.29) is 0 Å². The van der Waals surface area contributed by atoms with Crippen molar-refractivity contribution in [2.45, 2.75) is 195 Å². The first-order valence-corrected chi connectivity index (χ1v) is 16.2. The van der Waals surface area contributed by atoms with Crippen LogP contribution in [0.3, 0.4) is 0 Å². The Labute approximate surface area is 221 Å². The third kappa shape index (κ3) is 21.3. The maximum atomic E-state index is 12.2. The van der Waals surface area contributed by atoms with E-state index in [1.807, 2.05) is 6.92 Å². The van der Waals surface area contributed by atoms with Gasteiger partial charge in [0.15, 0.2) is 0 Å². The first-order chi connectivity index (χ1) is 17.0. The second kappa shape index (κ2) is 25.1. The van der Waals surface area contributed by atoms with Crippen molar-refractivity contribution in [3.8, 4) is 0 Å². The van der Waals surface area contributed by atoms with Gasteiger partial charge in [-0.2, -0.15) is 0 Å². The summed E-state index contributed by atoms with van der Waals surface area (Å²) >= 11 is 0. The summed E-state index contributed by atoms with van der Waals surface area (Å²) in [6.45, 7) is 8.81. The molecule has 0 bridgehead atoms. The van der Waals surface area contributed by atoms with Crippen LogP contribution >= 0.6 is 0 Å². The van der Waals surface area contributed by atoms with Gasteiger partial charge >= 0.3 is 5.97 Å². The standard InChI is InChI=1S/C33H66O2/c1-5-8-11-13-15-17-19-21-23-25-28-31(27-24-22-20-18-16-14-12-9-6-2)30-33(4,32(34)35)29-26-10-7-3/h31H,5-30H2,1-4H3,(H,34,35). The molecule has 0 rings (SSSR count). The summed E-state index contributed by atoms with van der Waals surface area (Å²) in [6.07, 6.45) is 33.7. The van der Waals surface area contributed by atoms with Gasteiger partial charge in [0.05, 0.1) is 5.41 Å². The minimum absolute atomic E-state index is 0.530. The maximum Gasteiger partial charge on any atom is 0.309 e. The Morgan fingerprint density at radius 2 is 0.857 bits per heavy atom. The molecule has 0 saturated carbocycles. The highest BCUT2D eigenvalue weighted by molar-refractivity contribution is 5.74. The van der Waals surface area contributed by atoms with Gasteiger partial charge in [0.25, 0.3) is 0 Å². The van der Waals surface area contributed by atoms with E-state index in [1.54, 1.807) is 0 Å². The average Bonchev–Trinajstić information content (AvgIpc) is 2.84. The smallest absolute Gasteiger partial charge is 0.309 e. The highest BCUT2D eigenvalue weighted by Gasteiger charge is 2.34. The summed E-state index contributed by atoms with van der Waals surface area (Å²) in [4.78, 5) is 12.2. The van der Waals surface area contributed by atoms with Crippen LogP contribution in [0.2, 0.25) is 0 Å². The fourth-order valence-electron chi connectivity index (χ4n) is 5.71. The Hall–Kier alpha value is -0.530. The topological polar surface area (TPSA) is 37.3 Å². The number of hydrogen-bond donors (Lipinski definition) is 1. The Morgan fingerprint density at radius 3 is 1.20 bits per heavy atom. The maximum absolute atomic E-state index is 12.2. The fourth-order valence-corrected chi connectivity index (χ4v) is 5.71. The number of carbonyl (C=O) groups is 1. The van der Waals surface area contributed by atoms with Crippen LogP contribution in [0.15, 0.2) is 0 Å². The monoisotopic (exact) mass is 495 g/mol. The van der Waals surface area contributed by atoms with Crippen molar-refractivity contribution in [3.63, 3.8) is 0 Å². The molecule has 0 aliphatic carbocycles. The van der Waals surface area contributed by atoms with Gasteiger partial charge in [-0.3, -0.25) is 4.79 Å². The highest BCUT2D eigenvalue weighted by atomic mass is 16.4. The molecule has 0 saturated heterocycles. The van der Waals surface area contributed by atoms with Crippen LogP contribution in [0.4, 0.5) is 0 Å². The van der Waals surface area contributed by atoms with E-state index in [0.717, 1.165) is 32.1 Å². The molecule has 0 fully saturated rings. The number of hydrogen-bond acceptors (Lipinski definition) is 1. The van der Waals surface area contributed by atoms with Crippen LogP contribution in [0, 0.1) is 11.3 Å². The lowest BCUT2D eigenvalue weighted by molar-refractivity contribution is -0.149. The largest absolute Gasteiger partial charge is 0.481 e. The van der Waals surface area contributed by atoms with Crippen LogP contribution in [0.1, 0.15) is 195 Å². The minimum atomic E-state index is -0.561. The number of unbranched alkanes of at least 4 members (excludes halogenated alkanes) is 19. The fraction of sp³-hybridized carbons (Fsp3) is 0.970. The van der Waals surface area contributed by atoms with Crippen LogP contribution in [0.25, 0.3) is 0 Å². The molecule has 0 radical (unpaired) electrons. The Balaban J connectivity index is 4.38. The third-order valence-corrected chi connectivity index (χ3v) is 8.27. The minimum Gasteiger partial charge on any atom is -0.481 e. The zero-order valence-electron chi connectivity index (χ0n) is 24.8. The van der Waals surface area contributed by atoms with Crippen molar-refractivity contribution >= 4 is 5.97 Å². The van der Waals surface area contributed by atoms with Crippen molar-refractivity contribution in [2.24, 2.45) is 11.3 Å². The van der Waals surface area contributed by atoms with Crippen molar-refractivity contribution in [3.05, 3.63) is 0 Å². The number of aliphatic carboxylic acids is 1. The number of rotatable bonds is 28. The number of carboxylic acid groups (broad SMARTS) is 1. The van der Waals surface area contributed by atoms with E-state index < -0.39 is 11.4 Å². The SMILES string of the molecule is CCCCCCCCCCCCC(CCCCCCCCCCC)CC(C)(CCCCC)C(=O)O. The lowest BCUT2D eigenvalue weighted by atomic mass is 9.74. The molecule has 0 aromatic rings. The van der Waals surface area contributed by atoms with Crippen molar-refractivity contribution < 1.29 is 9.90 Å². The van der Waals surface area contributed by atoms with E-state index in [1.165, 1.54) is 135 Å². The van der Waals surface area contributed by atoms with E-state index in [2.05, 4.69) is 20.8 Å². The first-order valence-electron chi connectivity index (χ1n) is 16.2. The third-order valence-electron chi connectivity index (χ3n) is 8.27. The molecule has 35 heavy (non-hydrogen) atoms. The van der Waals surface area contributed by atoms with Crippen molar-refractivity contribution in [1.29, 1.82) is 0 Å².